The van der Waals surface area contributed by atoms with E-state index in [4.69, 9.17) is 9.97 Å². The van der Waals surface area contributed by atoms with Gasteiger partial charge in [-0.25, -0.2) is 0 Å². The van der Waals surface area contributed by atoms with Crippen LogP contribution in [0.15, 0.2) is 30.3 Å². The highest BCUT2D eigenvalue weighted by molar-refractivity contribution is 5.86. The number of nitrogens with zero attached hydrogens (tertiary/aromatic N) is 5. The molecule has 0 atom stereocenters. The number of anilines is 3. The number of hydrogen-bond acceptors (Lipinski definition) is 5. The van der Waals surface area contributed by atoms with E-state index in [1.165, 1.54) is 0 Å². The smallest absolute Gasteiger partial charge is 0.228 e. The Hall–Kier alpha value is -2.30. The number of benzene rings is 1. The van der Waals surface area contributed by atoms with Gasteiger partial charge in [0.05, 0.1) is 5.56 Å². The van der Waals surface area contributed by atoms with Gasteiger partial charge < -0.3 is 14.7 Å². The Balaban J connectivity index is 2.77. The van der Waals surface area contributed by atoms with Gasteiger partial charge in [0, 0.05) is 42.3 Å². The van der Waals surface area contributed by atoms with E-state index >= 15 is 0 Å². The molecule has 0 saturated heterocycles. The zero-order valence-corrected chi connectivity index (χ0v) is 13.6. The van der Waals surface area contributed by atoms with Crippen LogP contribution in [0.3, 0.4) is 0 Å². The van der Waals surface area contributed by atoms with Crippen LogP contribution >= 0.6 is 0 Å². The van der Waals surface area contributed by atoms with E-state index in [9.17, 15) is 0 Å². The van der Waals surface area contributed by atoms with Crippen molar-refractivity contribution in [2.75, 3.05) is 57.0 Å². The number of aromatic nitrogens is 2. The maximum atomic E-state index is 4.71. The van der Waals surface area contributed by atoms with Gasteiger partial charge in [-0.1, -0.05) is 30.3 Å². The van der Waals surface area contributed by atoms with Gasteiger partial charge in [-0.3, -0.25) is 0 Å². The monoisotopic (exact) mass is 285 g/mol. The summed E-state index contributed by atoms with van der Waals surface area (Å²) in [5, 5.41) is 0. The van der Waals surface area contributed by atoms with Crippen LogP contribution in [0.5, 0.6) is 0 Å². The van der Waals surface area contributed by atoms with Gasteiger partial charge in [0.2, 0.25) is 5.95 Å². The van der Waals surface area contributed by atoms with Crippen molar-refractivity contribution in [1.29, 1.82) is 0 Å². The van der Waals surface area contributed by atoms with Gasteiger partial charge in [0.25, 0.3) is 0 Å². The maximum absolute atomic E-state index is 4.71. The molecule has 5 heteroatoms. The van der Waals surface area contributed by atoms with Gasteiger partial charge >= 0.3 is 0 Å². The fraction of sp³-hybridized carbons (Fsp3) is 0.375. The average molecular weight is 285 g/mol. The standard InChI is InChI=1S/C16H23N5/c1-19(2)14-13(12-10-8-7-9-11-12)15(20(3)4)18-16(17-14)21(5)6/h7-11H,1-6H3. The van der Waals surface area contributed by atoms with Crippen LogP contribution in [-0.4, -0.2) is 52.3 Å². The molecule has 0 amide bonds. The van der Waals surface area contributed by atoms with E-state index < -0.39 is 0 Å². The molecule has 0 fully saturated rings. The molecule has 0 aliphatic heterocycles. The molecule has 0 saturated carbocycles. The van der Waals surface area contributed by atoms with E-state index in [1.54, 1.807) is 0 Å². The largest absolute Gasteiger partial charge is 0.362 e. The molecule has 21 heavy (non-hydrogen) atoms. The summed E-state index contributed by atoms with van der Waals surface area (Å²) in [6.07, 6.45) is 0. The van der Waals surface area contributed by atoms with Crippen LogP contribution in [-0.2, 0) is 0 Å². The lowest BCUT2D eigenvalue weighted by Gasteiger charge is -2.25. The fourth-order valence-electron chi connectivity index (χ4n) is 2.14. The Morgan fingerprint density at radius 2 is 1.14 bits per heavy atom. The Kier molecular flexibility index (Phi) is 4.31. The molecule has 1 heterocycles. The van der Waals surface area contributed by atoms with Crippen molar-refractivity contribution in [2.45, 2.75) is 0 Å². The fourth-order valence-corrected chi connectivity index (χ4v) is 2.14. The first-order valence-electron chi connectivity index (χ1n) is 6.91. The lowest BCUT2D eigenvalue weighted by molar-refractivity contribution is 0.948. The summed E-state index contributed by atoms with van der Waals surface area (Å²) in [5.74, 6) is 2.55. The summed E-state index contributed by atoms with van der Waals surface area (Å²) < 4.78 is 0. The van der Waals surface area contributed by atoms with E-state index in [1.807, 2.05) is 75.2 Å². The van der Waals surface area contributed by atoms with Crippen LogP contribution < -0.4 is 14.7 Å². The van der Waals surface area contributed by atoms with E-state index in [-0.39, 0.29) is 0 Å². The molecule has 112 valence electrons. The predicted molar refractivity (Wildman–Crippen MR) is 90.4 cm³/mol. The third-order valence-corrected chi connectivity index (χ3v) is 3.17. The first-order chi connectivity index (χ1) is 9.91. The second-order valence-corrected chi connectivity index (χ2v) is 5.60. The van der Waals surface area contributed by atoms with Crippen molar-refractivity contribution < 1.29 is 0 Å². The molecule has 0 aliphatic carbocycles. The van der Waals surface area contributed by atoms with Crippen LogP contribution in [0, 0.1) is 0 Å². The topological polar surface area (TPSA) is 35.5 Å². The highest BCUT2D eigenvalue weighted by Crippen LogP contribution is 2.36. The molecule has 0 aliphatic rings. The predicted octanol–water partition coefficient (Wildman–Crippen LogP) is 2.34. The van der Waals surface area contributed by atoms with Crippen LogP contribution in [0.1, 0.15) is 0 Å². The zero-order valence-electron chi connectivity index (χ0n) is 13.6. The van der Waals surface area contributed by atoms with Crippen molar-refractivity contribution in [3.63, 3.8) is 0 Å². The molecule has 0 N–H and O–H groups in total. The van der Waals surface area contributed by atoms with Crippen molar-refractivity contribution in [3.05, 3.63) is 30.3 Å². The average Bonchev–Trinajstić information content (AvgIpc) is 2.46. The molecule has 0 bridgehead atoms. The minimum Gasteiger partial charge on any atom is -0.362 e. The lowest BCUT2D eigenvalue weighted by Crippen LogP contribution is -2.22. The Morgan fingerprint density at radius 3 is 1.52 bits per heavy atom. The Labute approximate surface area is 126 Å². The van der Waals surface area contributed by atoms with Gasteiger partial charge in [-0.15, -0.1) is 0 Å². The summed E-state index contributed by atoms with van der Waals surface area (Å²) in [4.78, 5) is 15.4. The van der Waals surface area contributed by atoms with E-state index in [2.05, 4.69) is 12.1 Å². The Bertz CT molecular complexity index is 576. The van der Waals surface area contributed by atoms with E-state index in [0.29, 0.717) is 5.95 Å². The minimum absolute atomic E-state index is 0.710. The second-order valence-electron chi connectivity index (χ2n) is 5.60. The summed E-state index contributed by atoms with van der Waals surface area (Å²) >= 11 is 0. The lowest BCUT2D eigenvalue weighted by atomic mass is 10.1. The van der Waals surface area contributed by atoms with Gasteiger partial charge in [0.15, 0.2) is 0 Å². The quantitative estimate of drug-likeness (QED) is 0.861. The van der Waals surface area contributed by atoms with Crippen LogP contribution in [0.4, 0.5) is 17.6 Å². The summed E-state index contributed by atoms with van der Waals surface area (Å²) in [6.45, 7) is 0. The van der Waals surface area contributed by atoms with Crippen LogP contribution in [0.25, 0.3) is 11.1 Å². The van der Waals surface area contributed by atoms with E-state index in [0.717, 1.165) is 22.8 Å². The molecule has 2 aromatic rings. The first kappa shape index (κ1) is 15.1. The SMILES string of the molecule is CN(C)c1nc(N(C)C)c(-c2ccccc2)c(N(C)C)n1. The zero-order chi connectivity index (χ0) is 15.6. The van der Waals surface area contributed by atoms with Gasteiger partial charge in [-0.2, -0.15) is 9.97 Å². The van der Waals surface area contributed by atoms with Crippen molar-refractivity contribution >= 4 is 17.6 Å². The molecular weight excluding hydrogens is 262 g/mol. The first-order valence-corrected chi connectivity index (χ1v) is 6.91. The van der Waals surface area contributed by atoms with Gasteiger partial charge in [0.1, 0.15) is 11.6 Å². The second kappa shape index (κ2) is 5.99. The third-order valence-electron chi connectivity index (χ3n) is 3.17. The molecule has 2 rings (SSSR count). The third kappa shape index (κ3) is 3.07. The van der Waals surface area contributed by atoms with Gasteiger partial charge in [-0.05, 0) is 5.56 Å². The number of rotatable bonds is 4. The highest BCUT2D eigenvalue weighted by atomic mass is 15.3. The summed E-state index contributed by atoms with van der Waals surface area (Å²) in [7, 11) is 11.9. The van der Waals surface area contributed by atoms with Crippen LogP contribution in [0.2, 0.25) is 0 Å². The molecule has 1 aromatic carbocycles. The van der Waals surface area contributed by atoms with Crippen molar-refractivity contribution in [3.8, 4) is 11.1 Å². The molecule has 0 unspecified atom stereocenters. The summed E-state index contributed by atoms with van der Waals surface area (Å²) in [5.41, 5.74) is 2.17. The highest BCUT2D eigenvalue weighted by Gasteiger charge is 2.19. The van der Waals surface area contributed by atoms with Crippen molar-refractivity contribution in [2.24, 2.45) is 0 Å². The molecule has 0 spiro atoms. The molecule has 1 aromatic heterocycles. The normalized spacial score (nSPS) is 10.4. The molecule has 0 radical (unpaired) electrons. The number of hydrogen-bond donors (Lipinski definition) is 0. The maximum Gasteiger partial charge on any atom is 0.228 e. The van der Waals surface area contributed by atoms with Crippen molar-refractivity contribution in [1.82, 2.24) is 9.97 Å². The molecular formula is C16H23N5. The Morgan fingerprint density at radius 1 is 0.667 bits per heavy atom. The summed E-state index contributed by atoms with van der Waals surface area (Å²) in [6, 6.07) is 10.3. The minimum atomic E-state index is 0.710. The molecule has 5 nitrogen and oxygen atoms in total.